The van der Waals surface area contributed by atoms with Crippen LogP contribution in [0.1, 0.15) is 11.3 Å². The second-order valence-corrected chi connectivity index (χ2v) is 3.80. The van der Waals surface area contributed by atoms with E-state index in [0.717, 1.165) is 0 Å². The number of methoxy groups -OCH3 is 1. The van der Waals surface area contributed by atoms with Crippen LogP contribution in [0.15, 0.2) is 24.3 Å². The van der Waals surface area contributed by atoms with Crippen molar-refractivity contribution in [3.8, 4) is 17.0 Å². The zero-order valence-corrected chi connectivity index (χ0v) is 9.80. The molecule has 0 aliphatic heterocycles. The Labute approximate surface area is 102 Å². The van der Waals surface area contributed by atoms with Gasteiger partial charge in [0.25, 0.3) is 0 Å². The van der Waals surface area contributed by atoms with Gasteiger partial charge < -0.3 is 4.74 Å². The van der Waals surface area contributed by atoms with Crippen molar-refractivity contribution in [1.29, 1.82) is 0 Å². The van der Waals surface area contributed by atoms with E-state index in [4.69, 9.17) is 4.74 Å². The lowest BCUT2D eigenvalue weighted by molar-refractivity contribution is -0.137. The van der Waals surface area contributed by atoms with Crippen LogP contribution in [-0.4, -0.2) is 17.3 Å². The zero-order valence-electron chi connectivity index (χ0n) is 9.80. The van der Waals surface area contributed by atoms with E-state index in [2.05, 4.69) is 10.2 Å². The van der Waals surface area contributed by atoms with Gasteiger partial charge in [0.2, 0.25) is 0 Å². The summed E-state index contributed by atoms with van der Waals surface area (Å²) in [5, 5.41) is 6.10. The molecule has 96 valence electrons. The molecule has 1 aromatic heterocycles. The number of aromatic amines is 1. The summed E-state index contributed by atoms with van der Waals surface area (Å²) in [6.45, 7) is 1.35. The summed E-state index contributed by atoms with van der Waals surface area (Å²) in [6.07, 6.45) is -4.44. The number of nitrogens with one attached hydrogen (secondary N) is 1. The molecule has 1 aromatic carbocycles. The van der Waals surface area contributed by atoms with E-state index in [0.29, 0.717) is 11.3 Å². The van der Waals surface area contributed by atoms with Crippen molar-refractivity contribution in [2.75, 3.05) is 7.11 Å². The summed E-state index contributed by atoms with van der Waals surface area (Å²) in [6, 6.07) is 6.37. The van der Waals surface area contributed by atoms with Crippen LogP contribution in [0.25, 0.3) is 11.3 Å². The van der Waals surface area contributed by atoms with Gasteiger partial charge in [0.05, 0.1) is 7.11 Å². The van der Waals surface area contributed by atoms with Crippen LogP contribution >= 0.6 is 0 Å². The van der Waals surface area contributed by atoms with E-state index in [1.165, 1.54) is 20.1 Å². The summed E-state index contributed by atoms with van der Waals surface area (Å²) in [7, 11) is 1.46. The number of nitrogens with zero attached hydrogens (tertiary/aromatic N) is 1. The molecule has 1 N–H and O–H groups in total. The van der Waals surface area contributed by atoms with E-state index >= 15 is 0 Å². The maximum Gasteiger partial charge on any atom is 0.420 e. The predicted octanol–water partition coefficient (Wildman–Crippen LogP) is 3.41. The second kappa shape index (κ2) is 4.36. The predicted molar refractivity (Wildman–Crippen MR) is 60.3 cm³/mol. The van der Waals surface area contributed by atoms with Crippen molar-refractivity contribution in [2.24, 2.45) is 0 Å². The van der Waals surface area contributed by atoms with Gasteiger partial charge in [0.15, 0.2) is 0 Å². The van der Waals surface area contributed by atoms with Crippen LogP contribution in [-0.2, 0) is 6.18 Å². The van der Waals surface area contributed by atoms with Crippen molar-refractivity contribution in [3.63, 3.8) is 0 Å². The maximum atomic E-state index is 12.9. The number of halogens is 3. The summed E-state index contributed by atoms with van der Waals surface area (Å²) < 4.78 is 43.7. The Morgan fingerprint density at radius 1 is 1.28 bits per heavy atom. The molecule has 3 nitrogen and oxygen atoms in total. The number of hydrogen-bond donors (Lipinski definition) is 1. The van der Waals surface area contributed by atoms with Crippen molar-refractivity contribution < 1.29 is 17.9 Å². The van der Waals surface area contributed by atoms with Crippen molar-refractivity contribution >= 4 is 0 Å². The van der Waals surface area contributed by atoms with E-state index in [-0.39, 0.29) is 11.4 Å². The Morgan fingerprint density at radius 2 is 2.00 bits per heavy atom. The van der Waals surface area contributed by atoms with Gasteiger partial charge in [-0.05, 0) is 19.1 Å². The topological polar surface area (TPSA) is 37.9 Å². The molecule has 0 spiro atoms. The number of rotatable bonds is 2. The molecule has 0 saturated carbocycles. The fourth-order valence-electron chi connectivity index (χ4n) is 1.76. The molecule has 0 unspecified atom stereocenters. The first-order valence-corrected chi connectivity index (χ1v) is 5.20. The minimum absolute atomic E-state index is 0.000296. The van der Waals surface area contributed by atoms with Gasteiger partial charge >= 0.3 is 6.18 Å². The first-order valence-electron chi connectivity index (χ1n) is 5.20. The highest BCUT2D eigenvalue weighted by atomic mass is 19.4. The Balaban J connectivity index is 2.57. The number of hydrogen-bond acceptors (Lipinski definition) is 2. The van der Waals surface area contributed by atoms with E-state index in [1.54, 1.807) is 18.2 Å². The lowest BCUT2D eigenvalue weighted by atomic mass is 10.1. The molecular weight excluding hydrogens is 245 g/mol. The second-order valence-electron chi connectivity index (χ2n) is 3.80. The molecule has 1 heterocycles. The van der Waals surface area contributed by atoms with Crippen LogP contribution in [0.5, 0.6) is 5.75 Å². The van der Waals surface area contributed by atoms with Crippen LogP contribution < -0.4 is 4.74 Å². The highest BCUT2D eigenvalue weighted by Gasteiger charge is 2.37. The summed E-state index contributed by atoms with van der Waals surface area (Å²) >= 11 is 0. The highest BCUT2D eigenvalue weighted by Crippen LogP contribution is 2.38. The van der Waals surface area contributed by atoms with Gasteiger partial charge in [-0.2, -0.15) is 18.3 Å². The summed E-state index contributed by atoms with van der Waals surface area (Å²) in [4.78, 5) is 0. The Kier molecular flexibility index (Phi) is 3.02. The molecule has 0 aliphatic rings. The molecule has 0 aliphatic carbocycles. The molecule has 0 radical (unpaired) electrons. The molecular formula is C12H11F3N2O. The molecule has 0 amide bonds. The Morgan fingerprint density at radius 3 is 2.61 bits per heavy atom. The number of H-pyrrole nitrogens is 1. The molecule has 18 heavy (non-hydrogen) atoms. The average Bonchev–Trinajstić information content (AvgIpc) is 2.71. The Bertz CT molecular complexity index is 561. The largest absolute Gasteiger partial charge is 0.497 e. The number of aryl methyl sites for hydroxylation is 1. The third kappa shape index (κ3) is 2.18. The SMILES string of the molecule is COc1cccc(-c2n[nH]c(C)c2C(F)(F)F)c1. The highest BCUT2D eigenvalue weighted by molar-refractivity contribution is 5.66. The van der Waals surface area contributed by atoms with Crippen molar-refractivity contribution in [1.82, 2.24) is 10.2 Å². The third-order valence-electron chi connectivity index (χ3n) is 2.57. The maximum absolute atomic E-state index is 12.9. The monoisotopic (exact) mass is 256 g/mol. The number of aromatic nitrogens is 2. The Hall–Kier alpha value is -1.98. The summed E-state index contributed by atoms with van der Waals surface area (Å²) in [5.74, 6) is 0.487. The fourth-order valence-corrected chi connectivity index (χ4v) is 1.76. The smallest absolute Gasteiger partial charge is 0.420 e. The quantitative estimate of drug-likeness (QED) is 0.894. The van der Waals surface area contributed by atoms with Crippen LogP contribution in [0.4, 0.5) is 13.2 Å². The standard InChI is InChI=1S/C12H11F3N2O/c1-7-10(12(13,14)15)11(17-16-7)8-4-3-5-9(6-8)18-2/h3-6H,1-2H3,(H,16,17). The van der Waals surface area contributed by atoms with Gasteiger partial charge in [-0.1, -0.05) is 12.1 Å². The third-order valence-corrected chi connectivity index (χ3v) is 2.57. The van der Waals surface area contributed by atoms with Crippen LogP contribution in [0, 0.1) is 6.92 Å². The van der Waals surface area contributed by atoms with E-state index < -0.39 is 11.7 Å². The molecule has 6 heteroatoms. The van der Waals surface area contributed by atoms with Gasteiger partial charge in [-0.3, -0.25) is 5.10 Å². The number of ether oxygens (including phenoxy) is 1. The van der Waals surface area contributed by atoms with E-state index in [1.807, 2.05) is 0 Å². The molecule has 0 saturated heterocycles. The first kappa shape index (κ1) is 12.5. The van der Waals surface area contributed by atoms with Crippen molar-refractivity contribution in [3.05, 3.63) is 35.5 Å². The van der Waals surface area contributed by atoms with Crippen LogP contribution in [0.3, 0.4) is 0 Å². The van der Waals surface area contributed by atoms with Gasteiger partial charge in [-0.25, -0.2) is 0 Å². The molecule has 2 rings (SSSR count). The lowest BCUT2D eigenvalue weighted by Crippen LogP contribution is -2.07. The molecule has 0 bridgehead atoms. The lowest BCUT2D eigenvalue weighted by Gasteiger charge is -2.08. The van der Waals surface area contributed by atoms with Gasteiger partial charge in [-0.15, -0.1) is 0 Å². The molecule has 0 fully saturated rings. The summed E-state index contributed by atoms with van der Waals surface area (Å²) in [5.41, 5.74) is -0.485. The first-order chi connectivity index (χ1) is 8.43. The minimum atomic E-state index is -4.44. The van der Waals surface area contributed by atoms with Gasteiger partial charge in [0.1, 0.15) is 17.0 Å². The molecule has 2 aromatic rings. The average molecular weight is 256 g/mol. The van der Waals surface area contributed by atoms with Crippen molar-refractivity contribution in [2.45, 2.75) is 13.1 Å². The molecule has 0 atom stereocenters. The number of alkyl halides is 3. The van der Waals surface area contributed by atoms with Crippen LogP contribution in [0.2, 0.25) is 0 Å². The minimum Gasteiger partial charge on any atom is -0.497 e. The fraction of sp³-hybridized carbons (Fsp3) is 0.250. The zero-order chi connectivity index (χ0) is 13.3. The number of benzene rings is 1. The van der Waals surface area contributed by atoms with Gasteiger partial charge in [0, 0.05) is 11.3 Å². The normalized spacial score (nSPS) is 11.6. The van der Waals surface area contributed by atoms with E-state index in [9.17, 15) is 13.2 Å².